The Balaban J connectivity index is 1.68. The minimum Gasteiger partial charge on any atom is -0.367 e. The van der Waals surface area contributed by atoms with Crippen LogP contribution in [0.15, 0.2) is 4.52 Å². The van der Waals surface area contributed by atoms with E-state index in [0.29, 0.717) is 11.7 Å². The van der Waals surface area contributed by atoms with Crippen LogP contribution in [-0.4, -0.2) is 29.8 Å². The van der Waals surface area contributed by atoms with Gasteiger partial charge in [0.25, 0.3) is 0 Å². The van der Waals surface area contributed by atoms with Crippen molar-refractivity contribution in [1.82, 2.24) is 15.5 Å². The Kier molecular flexibility index (Phi) is 3.38. The van der Waals surface area contributed by atoms with Crippen LogP contribution >= 0.6 is 0 Å². The molecule has 1 aliphatic heterocycles. The van der Waals surface area contributed by atoms with Gasteiger partial charge in [-0.15, -0.1) is 0 Å². The molecule has 1 saturated carbocycles. The van der Waals surface area contributed by atoms with Gasteiger partial charge >= 0.3 is 0 Å². The van der Waals surface area contributed by atoms with Crippen LogP contribution in [0.4, 0.5) is 0 Å². The Hall–Kier alpha value is -0.940. The zero-order valence-electron chi connectivity index (χ0n) is 10.0. The molecule has 1 unspecified atom stereocenters. The monoisotopic (exact) mass is 237 g/mol. The van der Waals surface area contributed by atoms with Crippen LogP contribution < -0.4 is 5.32 Å². The van der Waals surface area contributed by atoms with Gasteiger partial charge < -0.3 is 14.6 Å². The minimum atomic E-state index is -0.0372. The van der Waals surface area contributed by atoms with Crippen LogP contribution in [0.2, 0.25) is 0 Å². The quantitative estimate of drug-likeness (QED) is 0.849. The van der Waals surface area contributed by atoms with Crippen LogP contribution in [-0.2, 0) is 4.74 Å². The third kappa shape index (κ3) is 2.50. The van der Waals surface area contributed by atoms with Crippen LogP contribution in [0, 0.1) is 0 Å². The first-order valence-corrected chi connectivity index (χ1v) is 6.59. The molecule has 0 radical (unpaired) electrons. The fraction of sp³-hybridized carbons (Fsp3) is 0.833. The molecule has 1 aliphatic carbocycles. The summed E-state index contributed by atoms with van der Waals surface area (Å²) >= 11 is 0. The molecule has 1 atom stereocenters. The van der Waals surface area contributed by atoms with Gasteiger partial charge in [-0.25, -0.2) is 0 Å². The van der Waals surface area contributed by atoms with Crippen molar-refractivity contribution in [2.45, 2.75) is 44.1 Å². The van der Waals surface area contributed by atoms with Gasteiger partial charge in [-0.05, 0) is 12.8 Å². The largest absolute Gasteiger partial charge is 0.367 e. The smallest absolute Gasteiger partial charge is 0.229 e. The summed E-state index contributed by atoms with van der Waals surface area (Å²) in [6, 6.07) is 0. The molecule has 5 nitrogen and oxygen atoms in total. The van der Waals surface area contributed by atoms with Gasteiger partial charge in [0.15, 0.2) is 0 Å². The van der Waals surface area contributed by atoms with Crippen molar-refractivity contribution in [1.29, 1.82) is 0 Å². The first-order chi connectivity index (χ1) is 8.43. The summed E-state index contributed by atoms with van der Waals surface area (Å²) in [4.78, 5) is 4.51. The van der Waals surface area contributed by atoms with Crippen molar-refractivity contribution < 1.29 is 9.26 Å². The molecular weight excluding hydrogens is 218 g/mol. The van der Waals surface area contributed by atoms with Gasteiger partial charge in [0.1, 0.15) is 6.10 Å². The van der Waals surface area contributed by atoms with Crippen molar-refractivity contribution in [2.75, 3.05) is 19.7 Å². The standard InChI is InChI=1S/C12H19N3O2/c1-2-4-9(5-3-1)12-14-11(15-17-12)10-8-13-6-7-16-10/h9-10,13H,1-8H2. The van der Waals surface area contributed by atoms with Gasteiger partial charge in [0, 0.05) is 19.0 Å². The Labute approximate surface area is 101 Å². The van der Waals surface area contributed by atoms with Crippen molar-refractivity contribution in [3.63, 3.8) is 0 Å². The predicted molar refractivity (Wildman–Crippen MR) is 61.7 cm³/mol. The number of hydrogen-bond donors (Lipinski definition) is 1. The average Bonchev–Trinajstić information content (AvgIpc) is 2.90. The fourth-order valence-corrected chi connectivity index (χ4v) is 2.62. The van der Waals surface area contributed by atoms with E-state index in [1.807, 2.05) is 0 Å². The maximum absolute atomic E-state index is 5.62. The summed E-state index contributed by atoms with van der Waals surface area (Å²) in [7, 11) is 0. The van der Waals surface area contributed by atoms with E-state index >= 15 is 0 Å². The number of ether oxygens (including phenoxy) is 1. The lowest BCUT2D eigenvalue weighted by atomic mass is 9.89. The van der Waals surface area contributed by atoms with E-state index in [1.165, 1.54) is 32.1 Å². The Morgan fingerprint density at radius 3 is 2.82 bits per heavy atom. The first-order valence-electron chi connectivity index (χ1n) is 6.59. The number of nitrogens with one attached hydrogen (secondary N) is 1. The highest BCUT2D eigenvalue weighted by atomic mass is 16.5. The lowest BCUT2D eigenvalue weighted by Gasteiger charge is -2.20. The minimum absolute atomic E-state index is 0.0372. The van der Waals surface area contributed by atoms with E-state index in [9.17, 15) is 0 Å². The lowest BCUT2D eigenvalue weighted by molar-refractivity contribution is 0.0208. The highest BCUT2D eigenvalue weighted by Gasteiger charge is 2.25. The topological polar surface area (TPSA) is 60.2 Å². The zero-order chi connectivity index (χ0) is 11.5. The molecule has 1 saturated heterocycles. The molecular formula is C12H19N3O2. The fourth-order valence-electron chi connectivity index (χ4n) is 2.62. The van der Waals surface area contributed by atoms with Crippen molar-refractivity contribution >= 4 is 0 Å². The number of rotatable bonds is 2. The third-order valence-electron chi connectivity index (χ3n) is 3.63. The lowest BCUT2D eigenvalue weighted by Crippen LogP contribution is -2.33. The molecule has 0 bridgehead atoms. The summed E-state index contributed by atoms with van der Waals surface area (Å²) in [5, 5.41) is 7.34. The molecule has 17 heavy (non-hydrogen) atoms. The van der Waals surface area contributed by atoms with E-state index in [-0.39, 0.29) is 6.10 Å². The van der Waals surface area contributed by atoms with Crippen molar-refractivity contribution in [3.8, 4) is 0 Å². The molecule has 94 valence electrons. The van der Waals surface area contributed by atoms with Gasteiger partial charge in [-0.1, -0.05) is 24.4 Å². The van der Waals surface area contributed by atoms with Crippen LogP contribution in [0.5, 0.6) is 0 Å². The maximum atomic E-state index is 5.62. The van der Waals surface area contributed by atoms with E-state index < -0.39 is 0 Å². The van der Waals surface area contributed by atoms with E-state index in [1.54, 1.807) is 0 Å². The molecule has 3 rings (SSSR count). The first kappa shape index (κ1) is 11.2. The summed E-state index contributed by atoms with van der Waals surface area (Å²) < 4.78 is 11.0. The number of morpholine rings is 1. The van der Waals surface area contributed by atoms with Crippen LogP contribution in [0.25, 0.3) is 0 Å². The van der Waals surface area contributed by atoms with E-state index in [4.69, 9.17) is 9.26 Å². The second kappa shape index (κ2) is 5.14. The average molecular weight is 237 g/mol. The summed E-state index contributed by atoms with van der Waals surface area (Å²) in [6.07, 6.45) is 6.24. The molecule has 1 aromatic heterocycles. The van der Waals surface area contributed by atoms with Gasteiger partial charge in [-0.3, -0.25) is 0 Å². The summed E-state index contributed by atoms with van der Waals surface area (Å²) in [5.74, 6) is 1.99. The second-order valence-electron chi connectivity index (χ2n) is 4.89. The SMILES string of the molecule is C1CCC(c2nc(C3CNCCO3)no2)CC1. The molecule has 1 N–H and O–H groups in total. The van der Waals surface area contributed by atoms with Gasteiger partial charge in [0.05, 0.1) is 6.61 Å². The molecule has 2 heterocycles. The van der Waals surface area contributed by atoms with Gasteiger partial charge in [0.2, 0.25) is 11.7 Å². The molecule has 1 aromatic rings. The Bertz CT molecular complexity index is 322. The number of nitrogens with zero attached hydrogens (tertiary/aromatic N) is 2. The number of aromatic nitrogens is 2. The highest BCUT2D eigenvalue weighted by Crippen LogP contribution is 2.32. The second-order valence-corrected chi connectivity index (χ2v) is 4.89. The Morgan fingerprint density at radius 2 is 2.06 bits per heavy atom. The highest BCUT2D eigenvalue weighted by molar-refractivity contribution is 4.99. The van der Waals surface area contributed by atoms with E-state index in [2.05, 4.69) is 15.5 Å². The summed E-state index contributed by atoms with van der Waals surface area (Å²) in [6.45, 7) is 2.41. The summed E-state index contributed by atoms with van der Waals surface area (Å²) in [5.41, 5.74) is 0. The predicted octanol–water partition coefficient (Wildman–Crippen LogP) is 1.78. The zero-order valence-corrected chi connectivity index (χ0v) is 10.0. The van der Waals surface area contributed by atoms with Crippen molar-refractivity contribution in [3.05, 3.63) is 11.7 Å². The maximum Gasteiger partial charge on any atom is 0.229 e. The normalized spacial score (nSPS) is 27.2. The molecule has 0 amide bonds. The van der Waals surface area contributed by atoms with Crippen LogP contribution in [0.3, 0.4) is 0 Å². The molecule has 0 aromatic carbocycles. The third-order valence-corrected chi connectivity index (χ3v) is 3.63. The number of hydrogen-bond acceptors (Lipinski definition) is 5. The van der Waals surface area contributed by atoms with E-state index in [0.717, 1.165) is 25.6 Å². The van der Waals surface area contributed by atoms with Crippen molar-refractivity contribution in [2.24, 2.45) is 0 Å². The Morgan fingerprint density at radius 1 is 1.18 bits per heavy atom. The molecule has 2 aliphatic rings. The van der Waals surface area contributed by atoms with Gasteiger partial charge in [-0.2, -0.15) is 4.98 Å². The molecule has 0 spiro atoms. The molecule has 5 heteroatoms. The molecule has 2 fully saturated rings. The van der Waals surface area contributed by atoms with Crippen LogP contribution in [0.1, 0.15) is 55.8 Å².